The molecule has 5 unspecified atom stereocenters. The zero-order chi connectivity index (χ0) is 23.7. The van der Waals surface area contributed by atoms with Gasteiger partial charge in [-0.1, -0.05) is 122 Å². The molecule has 0 amide bonds. The molecule has 0 aromatic heterocycles. The summed E-state index contributed by atoms with van der Waals surface area (Å²) in [5, 5.41) is 5.22. The molecule has 184 valence electrons. The zero-order valence-electron chi connectivity index (χ0n) is 20.6. The Morgan fingerprint density at radius 3 is 1.94 bits per heavy atom. The molecule has 6 rings (SSSR count). The minimum absolute atomic E-state index is 0. The van der Waals surface area contributed by atoms with Gasteiger partial charge in [0, 0.05) is 6.04 Å². The summed E-state index contributed by atoms with van der Waals surface area (Å²) in [5.74, 6) is 2.57. The second kappa shape index (κ2) is 11.6. The normalized spacial score (nSPS) is 34.2. The predicted molar refractivity (Wildman–Crippen MR) is 151 cm³/mol. The van der Waals surface area contributed by atoms with Crippen LogP contribution in [0.25, 0.3) is 10.9 Å². The topological polar surface area (TPSA) is 17.3 Å². The van der Waals surface area contributed by atoms with Crippen LogP contribution in [0.5, 0.6) is 0 Å². The van der Waals surface area contributed by atoms with E-state index in [2.05, 4.69) is 115 Å². The van der Waals surface area contributed by atoms with Gasteiger partial charge in [-0.25, -0.2) is 0 Å². The first-order valence-electron chi connectivity index (χ1n) is 12.1. The molecule has 0 bridgehead atoms. The van der Waals surface area contributed by atoms with E-state index in [4.69, 9.17) is 23.9 Å². The SMILES string of the molecule is C[Si](C)(C1C2C=CC=CC2C2C=CC=CC21)N1C[N-]C2C(c3ccccc3)=CC=C[C@H]21.[CH3-].[Cl][Ti][Cl]. The van der Waals surface area contributed by atoms with Gasteiger partial charge >= 0.3 is 35.6 Å². The van der Waals surface area contributed by atoms with E-state index in [9.17, 15) is 0 Å². The third-order valence-electron chi connectivity index (χ3n) is 8.40. The van der Waals surface area contributed by atoms with Crippen LogP contribution in [0.1, 0.15) is 5.56 Å². The first kappa shape index (κ1) is 27.1. The van der Waals surface area contributed by atoms with Gasteiger partial charge in [0.05, 0.1) is 0 Å². The van der Waals surface area contributed by atoms with Gasteiger partial charge in [0.25, 0.3) is 0 Å². The van der Waals surface area contributed by atoms with Crippen LogP contribution in [-0.4, -0.2) is 31.6 Å². The first-order chi connectivity index (χ1) is 16.6. The fraction of sp³-hybridized carbons (Fsp3) is 0.345. The van der Waals surface area contributed by atoms with Crippen molar-refractivity contribution in [1.82, 2.24) is 4.57 Å². The number of benzene rings is 1. The standard InChI is InChI=1S/C28H31N2Si.CH3.2ClH.Ti/c1-31(2,28-24-15-8-6-13-22(24)23-14-7-9-16-25(23)28)30-19-29-27-21(17-10-18-26(27)30)20-11-4-3-5-12-20;;;;/h3-18,22-28H,19H2,1-2H3;1H3;2*1H;/q2*-1;;;+2/p-2/t22?,23?,24?,25?,26-,27?,28?;;;;/m1..../s1. The molecule has 0 radical (unpaired) electrons. The Morgan fingerprint density at radius 2 is 1.37 bits per heavy atom. The van der Waals surface area contributed by atoms with Gasteiger partial charge in [0.2, 0.25) is 0 Å². The van der Waals surface area contributed by atoms with E-state index in [0.717, 1.165) is 6.67 Å². The molecule has 35 heavy (non-hydrogen) atoms. The predicted octanol–water partition coefficient (Wildman–Crippen LogP) is 8.16. The van der Waals surface area contributed by atoms with Crippen LogP contribution in [-0.2, 0) is 17.0 Å². The van der Waals surface area contributed by atoms with Gasteiger partial charge < -0.3 is 17.3 Å². The fourth-order valence-electron chi connectivity index (χ4n) is 7.04. The average molecular weight is 557 g/mol. The molecule has 1 aromatic rings. The molecule has 0 N–H and O–H groups in total. The second-order valence-electron chi connectivity index (χ2n) is 10.2. The maximum absolute atomic E-state index is 5.22. The number of hydrogen-bond donors (Lipinski definition) is 0. The van der Waals surface area contributed by atoms with Crippen molar-refractivity contribution in [3.63, 3.8) is 0 Å². The molecule has 1 aliphatic heterocycles. The Morgan fingerprint density at radius 1 is 0.829 bits per heavy atom. The Hall–Kier alpha value is -0.909. The summed E-state index contributed by atoms with van der Waals surface area (Å²) in [6.07, 6.45) is 26.1. The molecule has 6 atom stereocenters. The molecule has 4 aliphatic carbocycles. The van der Waals surface area contributed by atoms with Crippen LogP contribution in [0, 0.1) is 31.1 Å². The second-order valence-corrected chi connectivity index (χ2v) is 17.3. The van der Waals surface area contributed by atoms with Crippen molar-refractivity contribution in [3.05, 3.63) is 115 Å². The first-order valence-corrected chi connectivity index (χ1v) is 19.4. The van der Waals surface area contributed by atoms with Crippen LogP contribution in [0.4, 0.5) is 0 Å². The summed E-state index contributed by atoms with van der Waals surface area (Å²) in [6.45, 7) is 6.09. The summed E-state index contributed by atoms with van der Waals surface area (Å²) in [5.41, 5.74) is 3.40. The van der Waals surface area contributed by atoms with Crippen molar-refractivity contribution in [3.8, 4) is 0 Å². The zero-order valence-corrected chi connectivity index (χ0v) is 24.7. The minimum atomic E-state index is -1.80. The summed E-state index contributed by atoms with van der Waals surface area (Å²) in [6, 6.07) is 11.5. The molecule has 1 saturated carbocycles. The van der Waals surface area contributed by atoms with Crippen molar-refractivity contribution < 1.29 is 17.0 Å². The van der Waals surface area contributed by atoms with E-state index in [1.54, 1.807) is 0 Å². The molecule has 5 aliphatic rings. The number of rotatable bonds is 3. The number of fused-ring (bicyclic) bond motifs is 4. The molecule has 1 aromatic carbocycles. The van der Waals surface area contributed by atoms with Crippen molar-refractivity contribution in [2.24, 2.45) is 23.7 Å². The van der Waals surface area contributed by atoms with Gasteiger partial charge in [0.1, 0.15) is 8.24 Å². The van der Waals surface area contributed by atoms with E-state index in [0.29, 0.717) is 35.3 Å². The monoisotopic (exact) mass is 556 g/mol. The molecule has 0 spiro atoms. The molecule has 6 heteroatoms. The molecular weight excluding hydrogens is 523 g/mol. The van der Waals surface area contributed by atoms with Crippen LogP contribution in [0.2, 0.25) is 18.6 Å². The van der Waals surface area contributed by atoms with Crippen LogP contribution < -0.4 is 0 Å². The van der Waals surface area contributed by atoms with Crippen LogP contribution in [0.3, 0.4) is 0 Å². The van der Waals surface area contributed by atoms with Crippen molar-refractivity contribution in [2.45, 2.75) is 30.7 Å². The summed E-state index contributed by atoms with van der Waals surface area (Å²) < 4.78 is 2.83. The van der Waals surface area contributed by atoms with E-state index in [1.807, 2.05) is 0 Å². The third-order valence-corrected chi connectivity index (χ3v) is 12.7. The van der Waals surface area contributed by atoms with Gasteiger partial charge in [-0.2, -0.15) is 0 Å². The Balaban J connectivity index is 0.000000689. The van der Waals surface area contributed by atoms with Gasteiger partial charge in [-0.3, -0.25) is 0 Å². The quantitative estimate of drug-likeness (QED) is 0.271. The molecular formula is C29H34Cl2N2SiTi-2. The molecule has 2 fully saturated rings. The van der Waals surface area contributed by atoms with E-state index >= 15 is 0 Å². The Kier molecular flexibility index (Phi) is 9.03. The van der Waals surface area contributed by atoms with Crippen LogP contribution in [0.15, 0.2) is 97.2 Å². The van der Waals surface area contributed by atoms with Crippen LogP contribution >= 0.6 is 18.6 Å². The van der Waals surface area contributed by atoms with Gasteiger partial charge in [-0.15, -0.1) is 6.67 Å². The Bertz CT molecular complexity index is 1030. The number of hydrogen-bond acceptors (Lipinski definition) is 1. The van der Waals surface area contributed by atoms with Crippen molar-refractivity contribution in [1.29, 1.82) is 0 Å². The van der Waals surface area contributed by atoms with E-state index < -0.39 is 25.3 Å². The molecule has 1 heterocycles. The van der Waals surface area contributed by atoms with E-state index in [-0.39, 0.29) is 13.5 Å². The van der Waals surface area contributed by atoms with Gasteiger partial charge in [0.15, 0.2) is 0 Å². The molecule has 2 nitrogen and oxygen atoms in total. The third kappa shape index (κ3) is 4.99. The Labute approximate surface area is 229 Å². The van der Waals surface area contributed by atoms with E-state index in [1.165, 1.54) is 11.1 Å². The maximum atomic E-state index is 5.22. The van der Waals surface area contributed by atoms with Gasteiger partial charge in [-0.05, 0) is 34.8 Å². The summed E-state index contributed by atoms with van der Waals surface area (Å²) in [4.78, 5) is 0. The fourth-order valence-corrected chi connectivity index (χ4v) is 11.4. The summed E-state index contributed by atoms with van der Waals surface area (Å²) in [7, 11) is 7.98. The average Bonchev–Trinajstić information content (AvgIpc) is 3.45. The van der Waals surface area contributed by atoms with Crippen molar-refractivity contribution >= 4 is 32.4 Å². The number of halogens is 2. The molecule has 1 saturated heterocycles. The number of allylic oxidation sites excluding steroid dienone is 10. The van der Waals surface area contributed by atoms with Crippen molar-refractivity contribution in [2.75, 3.05) is 6.67 Å². The number of nitrogens with zero attached hydrogens (tertiary/aromatic N) is 2. The summed E-state index contributed by atoms with van der Waals surface area (Å²) >= 11 is -0.556.